The predicted octanol–water partition coefficient (Wildman–Crippen LogP) is 3.55. The molecule has 0 saturated heterocycles. The van der Waals surface area contributed by atoms with Gasteiger partial charge < -0.3 is 10.4 Å². The number of alkyl halides is 1. The summed E-state index contributed by atoms with van der Waals surface area (Å²) >= 11 is 9.47. The SMILES string of the molecule is Cc1cc(Cl)cc(NC[C@H](Br)C(C)C)c1[O-]. The van der Waals surface area contributed by atoms with Crippen molar-refractivity contribution in [3.63, 3.8) is 0 Å². The van der Waals surface area contributed by atoms with Gasteiger partial charge in [-0.2, -0.15) is 0 Å². The van der Waals surface area contributed by atoms with Crippen molar-refractivity contribution in [3.05, 3.63) is 22.7 Å². The number of rotatable bonds is 4. The average molecular weight is 306 g/mol. The smallest absolute Gasteiger partial charge is 0.0428 e. The molecule has 0 heterocycles. The predicted molar refractivity (Wildman–Crippen MR) is 71.7 cm³/mol. The number of hydrogen-bond donors (Lipinski definition) is 1. The minimum Gasteiger partial charge on any atom is -0.871 e. The minimum absolute atomic E-state index is 0.0212. The third-order valence-electron chi connectivity index (χ3n) is 2.45. The normalized spacial score (nSPS) is 12.9. The summed E-state index contributed by atoms with van der Waals surface area (Å²) in [6, 6.07) is 3.36. The second kappa shape index (κ2) is 5.78. The molecular weight excluding hydrogens is 289 g/mol. The van der Waals surface area contributed by atoms with Gasteiger partial charge in [0.15, 0.2) is 0 Å². The van der Waals surface area contributed by atoms with Gasteiger partial charge in [-0.15, -0.1) is 0 Å². The van der Waals surface area contributed by atoms with Crippen molar-refractivity contribution >= 4 is 33.2 Å². The van der Waals surface area contributed by atoms with Crippen LogP contribution in [-0.4, -0.2) is 11.4 Å². The van der Waals surface area contributed by atoms with Crippen LogP contribution in [0.1, 0.15) is 19.4 Å². The molecule has 0 saturated carbocycles. The van der Waals surface area contributed by atoms with E-state index in [2.05, 4.69) is 35.1 Å². The van der Waals surface area contributed by atoms with Crippen molar-refractivity contribution in [3.8, 4) is 5.75 Å². The van der Waals surface area contributed by atoms with Crippen LogP contribution >= 0.6 is 27.5 Å². The molecule has 0 unspecified atom stereocenters. The third-order valence-corrected chi connectivity index (χ3v) is 4.05. The molecule has 0 aliphatic rings. The Morgan fingerprint density at radius 3 is 2.62 bits per heavy atom. The summed E-state index contributed by atoms with van der Waals surface area (Å²) < 4.78 is 0. The Hall–Kier alpha value is -0.410. The molecule has 0 aliphatic heterocycles. The standard InChI is InChI=1S/C12H17BrClNO/c1-7(2)10(13)6-15-11-5-9(14)4-8(3)12(11)16/h4-5,7,10,15-16H,6H2,1-3H3/p-1/t10-/m0/s1. The molecule has 1 rings (SSSR count). The maximum Gasteiger partial charge on any atom is 0.0428 e. The van der Waals surface area contributed by atoms with Crippen molar-refractivity contribution < 1.29 is 5.11 Å². The Morgan fingerprint density at radius 2 is 2.06 bits per heavy atom. The van der Waals surface area contributed by atoms with E-state index in [1.54, 1.807) is 19.1 Å². The van der Waals surface area contributed by atoms with E-state index in [4.69, 9.17) is 11.6 Å². The quantitative estimate of drug-likeness (QED) is 0.863. The first-order valence-corrected chi connectivity index (χ1v) is 6.56. The van der Waals surface area contributed by atoms with Crippen molar-refractivity contribution in [2.24, 2.45) is 5.92 Å². The zero-order valence-corrected chi connectivity index (χ0v) is 12.0. The molecule has 16 heavy (non-hydrogen) atoms. The highest BCUT2D eigenvalue weighted by Crippen LogP contribution is 2.29. The summed E-state index contributed by atoms with van der Waals surface area (Å²) in [7, 11) is 0. The lowest BCUT2D eigenvalue weighted by atomic mass is 10.1. The number of anilines is 1. The van der Waals surface area contributed by atoms with E-state index in [1.165, 1.54) is 0 Å². The van der Waals surface area contributed by atoms with Crippen LogP contribution < -0.4 is 10.4 Å². The molecule has 0 spiro atoms. The number of benzene rings is 1. The highest BCUT2D eigenvalue weighted by molar-refractivity contribution is 9.09. The summed E-state index contributed by atoms with van der Waals surface area (Å²) in [5, 5.41) is 15.5. The van der Waals surface area contributed by atoms with Crippen LogP contribution in [0.4, 0.5) is 5.69 Å². The van der Waals surface area contributed by atoms with Crippen LogP contribution in [0.5, 0.6) is 5.75 Å². The zero-order valence-electron chi connectivity index (χ0n) is 9.68. The number of aryl methyl sites for hydroxylation is 1. The van der Waals surface area contributed by atoms with Crippen LogP contribution in [0.15, 0.2) is 12.1 Å². The first kappa shape index (κ1) is 13.7. The van der Waals surface area contributed by atoms with Crippen molar-refractivity contribution in [1.82, 2.24) is 0 Å². The minimum atomic E-state index is 0.0212. The van der Waals surface area contributed by atoms with E-state index in [0.29, 0.717) is 33.6 Å². The lowest BCUT2D eigenvalue weighted by Gasteiger charge is -2.21. The van der Waals surface area contributed by atoms with E-state index in [1.807, 2.05) is 0 Å². The molecule has 0 aromatic heterocycles. The first-order chi connectivity index (χ1) is 7.41. The van der Waals surface area contributed by atoms with Gasteiger partial charge in [-0.05, 0) is 25.0 Å². The van der Waals surface area contributed by atoms with Crippen LogP contribution in [0.3, 0.4) is 0 Å². The number of hydrogen-bond acceptors (Lipinski definition) is 2. The molecule has 0 amide bonds. The van der Waals surface area contributed by atoms with Crippen LogP contribution in [0, 0.1) is 12.8 Å². The summed E-state index contributed by atoms with van der Waals surface area (Å²) in [6.07, 6.45) is 0. The van der Waals surface area contributed by atoms with Crippen LogP contribution in [0.2, 0.25) is 5.02 Å². The zero-order chi connectivity index (χ0) is 12.3. The Balaban J connectivity index is 2.74. The molecule has 4 heteroatoms. The van der Waals surface area contributed by atoms with Gasteiger partial charge >= 0.3 is 0 Å². The van der Waals surface area contributed by atoms with E-state index < -0.39 is 0 Å². The van der Waals surface area contributed by atoms with Crippen LogP contribution in [-0.2, 0) is 0 Å². The van der Waals surface area contributed by atoms with E-state index in [-0.39, 0.29) is 5.75 Å². The highest BCUT2D eigenvalue weighted by Gasteiger charge is 2.09. The van der Waals surface area contributed by atoms with Gasteiger partial charge in [-0.3, -0.25) is 0 Å². The van der Waals surface area contributed by atoms with Crippen molar-refractivity contribution in [2.75, 3.05) is 11.9 Å². The molecule has 0 fully saturated rings. The Morgan fingerprint density at radius 1 is 1.44 bits per heavy atom. The largest absolute Gasteiger partial charge is 0.871 e. The Kier molecular flexibility index (Phi) is 4.93. The second-order valence-electron chi connectivity index (χ2n) is 4.24. The third kappa shape index (κ3) is 3.56. The fourth-order valence-electron chi connectivity index (χ4n) is 1.30. The summed E-state index contributed by atoms with van der Waals surface area (Å²) in [6.45, 7) is 6.74. The molecule has 1 aromatic carbocycles. The lowest BCUT2D eigenvalue weighted by molar-refractivity contribution is -0.267. The molecular formula is C12H16BrClNO-. The average Bonchev–Trinajstić information content (AvgIpc) is 2.20. The molecule has 0 radical (unpaired) electrons. The van der Waals surface area contributed by atoms with E-state index >= 15 is 0 Å². The fourth-order valence-corrected chi connectivity index (χ4v) is 1.74. The van der Waals surface area contributed by atoms with Gasteiger partial charge in [0, 0.05) is 22.1 Å². The second-order valence-corrected chi connectivity index (χ2v) is 5.85. The van der Waals surface area contributed by atoms with Gasteiger partial charge in [0.25, 0.3) is 0 Å². The monoisotopic (exact) mass is 304 g/mol. The topological polar surface area (TPSA) is 35.1 Å². The number of halogens is 2. The first-order valence-electron chi connectivity index (χ1n) is 5.27. The molecule has 1 N–H and O–H groups in total. The van der Waals surface area contributed by atoms with Crippen LogP contribution in [0.25, 0.3) is 0 Å². The van der Waals surface area contributed by atoms with Gasteiger partial charge in [-0.1, -0.05) is 52.7 Å². The molecule has 0 aliphatic carbocycles. The van der Waals surface area contributed by atoms with Gasteiger partial charge in [0.05, 0.1) is 0 Å². The fraction of sp³-hybridized carbons (Fsp3) is 0.500. The maximum absolute atomic E-state index is 11.8. The molecule has 1 atom stereocenters. The van der Waals surface area contributed by atoms with Gasteiger partial charge in [0.1, 0.15) is 0 Å². The Bertz CT molecular complexity index is 368. The lowest BCUT2D eigenvalue weighted by Crippen LogP contribution is -2.19. The summed E-state index contributed by atoms with van der Waals surface area (Å²) in [4.78, 5) is 0.339. The maximum atomic E-state index is 11.8. The van der Waals surface area contributed by atoms with Gasteiger partial charge in [0.2, 0.25) is 0 Å². The van der Waals surface area contributed by atoms with Crippen molar-refractivity contribution in [2.45, 2.75) is 25.6 Å². The summed E-state index contributed by atoms with van der Waals surface area (Å²) in [5.74, 6) is 0.538. The molecule has 90 valence electrons. The summed E-state index contributed by atoms with van der Waals surface area (Å²) in [5.41, 5.74) is 1.25. The van der Waals surface area contributed by atoms with E-state index in [0.717, 1.165) is 0 Å². The molecule has 0 bridgehead atoms. The molecule has 2 nitrogen and oxygen atoms in total. The van der Waals surface area contributed by atoms with E-state index in [9.17, 15) is 5.11 Å². The van der Waals surface area contributed by atoms with Crippen molar-refractivity contribution in [1.29, 1.82) is 0 Å². The number of nitrogens with one attached hydrogen (secondary N) is 1. The highest BCUT2D eigenvalue weighted by atomic mass is 79.9. The molecule has 1 aromatic rings. The van der Waals surface area contributed by atoms with Gasteiger partial charge in [-0.25, -0.2) is 0 Å². The Labute approximate surface area is 110 Å².